The van der Waals surface area contributed by atoms with Crippen molar-refractivity contribution in [1.82, 2.24) is 10.6 Å². The second kappa shape index (κ2) is 12.9. The zero-order valence-electron chi connectivity index (χ0n) is 19.1. The number of ether oxygens (including phenoxy) is 4. The molecule has 0 aliphatic rings. The zero-order chi connectivity index (χ0) is 24.2. The summed E-state index contributed by atoms with van der Waals surface area (Å²) in [6, 6.07) is 11.2. The maximum Gasteiger partial charge on any atom is 0.338 e. The van der Waals surface area contributed by atoms with Crippen molar-refractivity contribution in [2.24, 2.45) is 0 Å². The Morgan fingerprint density at radius 1 is 1.06 bits per heavy atom. The quantitative estimate of drug-likeness (QED) is 0.269. The highest BCUT2D eigenvalue weighted by atomic mass is 16.5. The first-order valence-corrected chi connectivity index (χ1v) is 10.4. The smallest absolute Gasteiger partial charge is 0.338 e. The minimum absolute atomic E-state index is 0.0783. The van der Waals surface area contributed by atoms with Crippen LogP contribution in [-0.2, 0) is 9.47 Å². The van der Waals surface area contributed by atoms with Gasteiger partial charge >= 0.3 is 5.97 Å². The molecule has 9 heteroatoms. The molecule has 2 rings (SSSR count). The van der Waals surface area contributed by atoms with E-state index in [2.05, 4.69) is 10.6 Å². The third-order valence-corrected chi connectivity index (χ3v) is 4.15. The fourth-order valence-electron chi connectivity index (χ4n) is 2.74. The number of amidine groups is 1. The van der Waals surface area contributed by atoms with Crippen molar-refractivity contribution >= 4 is 17.7 Å². The first-order chi connectivity index (χ1) is 15.9. The van der Waals surface area contributed by atoms with Crippen LogP contribution in [0.15, 0.2) is 54.7 Å². The average Bonchev–Trinajstić information content (AvgIpc) is 2.78. The molecular weight excluding hydrogens is 426 g/mol. The molecule has 33 heavy (non-hydrogen) atoms. The van der Waals surface area contributed by atoms with E-state index in [0.717, 1.165) is 0 Å². The monoisotopic (exact) mass is 455 g/mol. The van der Waals surface area contributed by atoms with E-state index in [1.54, 1.807) is 57.5 Å². The molecule has 0 fully saturated rings. The van der Waals surface area contributed by atoms with Crippen molar-refractivity contribution in [2.75, 3.05) is 27.4 Å². The Bertz CT molecular complexity index is 988. The molecule has 0 aliphatic heterocycles. The molecule has 2 aromatic carbocycles. The van der Waals surface area contributed by atoms with Gasteiger partial charge in [-0.05, 0) is 62.5 Å². The van der Waals surface area contributed by atoms with Gasteiger partial charge in [0.15, 0.2) is 0 Å². The predicted molar refractivity (Wildman–Crippen MR) is 124 cm³/mol. The molecule has 0 unspecified atom stereocenters. The Morgan fingerprint density at radius 2 is 1.76 bits per heavy atom. The van der Waals surface area contributed by atoms with Gasteiger partial charge < -0.3 is 29.6 Å². The molecule has 1 atom stereocenters. The average molecular weight is 456 g/mol. The molecule has 0 aliphatic carbocycles. The molecule has 1 amide bonds. The molecule has 0 radical (unpaired) electrons. The molecule has 176 valence electrons. The van der Waals surface area contributed by atoms with Crippen LogP contribution < -0.4 is 20.1 Å². The highest BCUT2D eigenvalue weighted by molar-refractivity contribution is 6.09. The molecule has 3 N–H and O–H groups in total. The van der Waals surface area contributed by atoms with Gasteiger partial charge in [0, 0.05) is 25.8 Å². The van der Waals surface area contributed by atoms with E-state index in [1.165, 1.54) is 18.3 Å². The van der Waals surface area contributed by atoms with Crippen LogP contribution in [0.4, 0.5) is 0 Å². The van der Waals surface area contributed by atoms with Gasteiger partial charge in [-0.25, -0.2) is 4.79 Å². The predicted octanol–water partition coefficient (Wildman–Crippen LogP) is 3.51. The second-order valence-electron chi connectivity index (χ2n) is 6.91. The van der Waals surface area contributed by atoms with E-state index in [-0.39, 0.29) is 17.5 Å². The topological polar surface area (TPSA) is 119 Å². The first kappa shape index (κ1) is 25.4. The number of carbonyl (C=O) groups is 2. The Hall–Kier alpha value is -3.85. The standard InChI is InChI=1S/C24H29N3O6/c1-5-31-24(29)17-6-8-19(9-7-17)33-21-13-18(23(28)27-22(25)10-11-26-3)12-20(14-21)32-16(2)15-30-4/h6-14,16,26H,5,15H2,1-4H3,(H2,25,27,28)/b11-10-/t16-/m0/s1. The summed E-state index contributed by atoms with van der Waals surface area (Å²) in [4.78, 5) is 24.5. The molecule has 0 saturated carbocycles. The third kappa shape index (κ3) is 8.30. The number of rotatable bonds is 11. The van der Waals surface area contributed by atoms with Gasteiger partial charge in [-0.3, -0.25) is 10.2 Å². The Balaban J connectivity index is 2.27. The Morgan fingerprint density at radius 3 is 2.39 bits per heavy atom. The van der Waals surface area contributed by atoms with Crippen LogP contribution in [0, 0.1) is 5.41 Å². The van der Waals surface area contributed by atoms with Crippen molar-refractivity contribution in [3.05, 3.63) is 65.9 Å². The molecule has 0 bridgehead atoms. The summed E-state index contributed by atoms with van der Waals surface area (Å²) in [6.45, 7) is 4.23. The number of hydrogen-bond acceptors (Lipinski definition) is 8. The lowest BCUT2D eigenvalue weighted by Gasteiger charge is -2.16. The summed E-state index contributed by atoms with van der Waals surface area (Å²) in [5.74, 6) is 0.228. The first-order valence-electron chi connectivity index (χ1n) is 10.4. The molecule has 9 nitrogen and oxygen atoms in total. The molecule has 2 aromatic rings. The van der Waals surface area contributed by atoms with E-state index in [1.807, 2.05) is 6.92 Å². The van der Waals surface area contributed by atoms with Gasteiger partial charge in [0.1, 0.15) is 29.2 Å². The number of benzene rings is 2. The van der Waals surface area contributed by atoms with Crippen LogP contribution >= 0.6 is 0 Å². The molecule has 0 aromatic heterocycles. The Kier molecular flexibility index (Phi) is 9.91. The van der Waals surface area contributed by atoms with Crippen molar-refractivity contribution in [2.45, 2.75) is 20.0 Å². The highest BCUT2D eigenvalue weighted by Gasteiger charge is 2.14. The third-order valence-electron chi connectivity index (χ3n) is 4.15. The molecule has 0 spiro atoms. The van der Waals surface area contributed by atoms with Crippen molar-refractivity contribution in [1.29, 1.82) is 5.41 Å². The number of esters is 1. The van der Waals surface area contributed by atoms with Crippen LogP contribution in [0.5, 0.6) is 17.2 Å². The lowest BCUT2D eigenvalue weighted by molar-refractivity contribution is 0.0526. The van der Waals surface area contributed by atoms with E-state index < -0.39 is 11.9 Å². The molecular formula is C24H29N3O6. The summed E-state index contributed by atoms with van der Waals surface area (Å²) in [5.41, 5.74) is 0.653. The van der Waals surface area contributed by atoms with Crippen molar-refractivity contribution in [3.63, 3.8) is 0 Å². The minimum Gasteiger partial charge on any atom is -0.488 e. The Labute approximate surface area is 193 Å². The second-order valence-corrected chi connectivity index (χ2v) is 6.91. The number of nitrogens with one attached hydrogen (secondary N) is 3. The summed E-state index contributed by atoms with van der Waals surface area (Å²) in [5, 5.41) is 13.1. The summed E-state index contributed by atoms with van der Waals surface area (Å²) < 4.78 is 21.8. The van der Waals surface area contributed by atoms with E-state index in [4.69, 9.17) is 24.4 Å². The van der Waals surface area contributed by atoms with Gasteiger partial charge in [0.25, 0.3) is 5.91 Å². The highest BCUT2D eigenvalue weighted by Crippen LogP contribution is 2.28. The van der Waals surface area contributed by atoms with Gasteiger partial charge in [-0.15, -0.1) is 0 Å². The van der Waals surface area contributed by atoms with E-state index >= 15 is 0 Å². The summed E-state index contributed by atoms with van der Waals surface area (Å²) in [7, 11) is 3.26. The fraction of sp³-hybridized carbons (Fsp3) is 0.292. The number of carbonyl (C=O) groups excluding carboxylic acids is 2. The number of hydrogen-bond donors (Lipinski definition) is 3. The largest absolute Gasteiger partial charge is 0.488 e. The fourth-order valence-corrected chi connectivity index (χ4v) is 2.74. The van der Waals surface area contributed by atoms with Gasteiger partial charge in [-0.1, -0.05) is 0 Å². The van der Waals surface area contributed by atoms with Crippen molar-refractivity contribution in [3.8, 4) is 17.2 Å². The lowest BCUT2D eigenvalue weighted by Crippen LogP contribution is -2.28. The zero-order valence-corrected chi connectivity index (χ0v) is 19.1. The minimum atomic E-state index is -0.492. The molecule has 0 heterocycles. The lowest BCUT2D eigenvalue weighted by atomic mass is 10.1. The van der Waals surface area contributed by atoms with Crippen molar-refractivity contribution < 1.29 is 28.5 Å². The molecule has 0 saturated heterocycles. The maximum absolute atomic E-state index is 12.7. The SMILES string of the molecule is CCOC(=O)c1ccc(Oc2cc(O[C@@H](C)COC)cc(C(=O)NC(=N)/C=C\NC)c2)cc1. The van der Waals surface area contributed by atoms with Crippen LogP contribution in [0.2, 0.25) is 0 Å². The van der Waals surface area contributed by atoms with Crippen LogP contribution in [0.1, 0.15) is 34.6 Å². The van der Waals surface area contributed by atoms with Crippen LogP contribution in [0.3, 0.4) is 0 Å². The normalized spacial score (nSPS) is 11.5. The van der Waals surface area contributed by atoms with Crippen LogP contribution in [-0.4, -0.2) is 51.2 Å². The number of methoxy groups -OCH3 is 1. The number of amides is 1. The summed E-state index contributed by atoms with van der Waals surface area (Å²) in [6.07, 6.45) is 2.69. The van der Waals surface area contributed by atoms with Crippen LogP contribution in [0.25, 0.3) is 0 Å². The maximum atomic E-state index is 12.7. The van der Waals surface area contributed by atoms with Gasteiger partial charge in [0.2, 0.25) is 0 Å². The summed E-state index contributed by atoms with van der Waals surface area (Å²) >= 11 is 0. The van der Waals surface area contributed by atoms with Gasteiger partial charge in [0.05, 0.1) is 18.8 Å². The van der Waals surface area contributed by atoms with Gasteiger partial charge in [-0.2, -0.15) is 0 Å². The van der Waals surface area contributed by atoms with E-state index in [0.29, 0.717) is 36.0 Å². The van der Waals surface area contributed by atoms with E-state index in [9.17, 15) is 9.59 Å².